The van der Waals surface area contributed by atoms with Crippen LogP contribution >= 0.6 is 0 Å². The zero-order chi connectivity index (χ0) is 24.2. The number of fused-ring (bicyclic) bond motifs is 1. The van der Waals surface area contributed by atoms with Gasteiger partial charge in [-0.2, -0.15) is 5.06 Å². The second-order valence-electron chi connectivity index (χ2n) is 8.67. The number of hydrogen-bond acceptors (Lipinski definition) is 6. The van der Waals surface area contributed by atoms with Crippen LogP contribution in [-0.4, -0.2) is 41.6 Å². The fourth-order valence-electron chi connectivity index (χ4n) is 4.65. The third kappa shape index (κ3) is 5.06. The van der Waals surface area contributed by atoms with Crippen molar-refractivity contribution in [3.8, 4) is 11.5 Å². The van der Waals surface area contributed by atoms with Crippen LogP contribution in [0, 0.1) is 0 Å². The molecule has 1 saturated heterocycles. The van der Waals surface area contributed by atoms with Crippen LogP contribution in [-0.2, 0) is 16.1 Å². The van der Waals surface area contributed by atoms with Gasteiger partial charge in [0.05, 0.1) is 43.9 Å². The number of piperidine rings is 1. The Kier molecular flexibility index (Phi) is 6.79. The molecule has 2 heterocycles. The number of ketones is 1. The van der Waals surface area contributed by atoms with Gasteiger partial charge >= 0.3 is 0 Å². The van der Waals surface area contributed by atoms with Crippen molar-refractivity contribution >= 4 is 16.8 Å². The van der Waals surface area contributed by atoms with Gasteiger partial charge in [-0.3, -0.25) is 9.63 Å². The van der Waals surface area contributed by atoms with Gasteiger partial charge in [0.2, 0.25) is 0 Å². The first-order valence-electron chi connectivity index (χ1n) is 11.8. The fourth-order valence-corrected chi connectivity index (χ4v) is 4.65. The minimum atomic E-state index is -0.204. The third-order valence-electron chi connectivity index (χ3n) is 6.48. The van der Waals surface area contributed by atoms with E-state index < -0.39 is 0 Å². The molecule has 0 amide bonds. The number of carbonyl (C=O) groups excluding carboxylic acids is 1. The van der Waals surface area contributed by atoms with Crippen molar-refractivity contribution in [1.29, 1.82) is 0 Å². The lowest BCUT2D eigenvalue weighted by molar-refractivity contribution is -0.228. The molecule has 0 aliphatic carbocycles. The molecule has 4 aromatic rings. The van der Waals surface area contributed by atoms with Crippen LogP contribution in [0.15, 0.2) is 72.8 Å². The van der Waals surface area contributed by atoms with E-state index in [1.807, 2.05) is 77.9 Å². The Morgan fingerprint density at radius 1 is 0.857 bits per heavy atom. The van der Waals surface area contributed by atoms with Gasteiger partial charge in [0, 0.05) is 19.3 Å². The number of carbonyl (C=O) groups is 1. The summed E-state index contributed by atoms with van der Waals surface area (Å²) in [7, 11) is 3.29. The van der Waals surface area contributed by atoms with Crippen molar-refractivity contribution < 1.29 is 19.1 Å². The number of H-pyrrole nitrogens is 1. The predicted octanol–water partition coefficient (Wildman–Crippen LogP) is 5.20. The molecule has 1 N–H and O–H groups in total. The molecule has 0 radical (unpaired) electrons. The van der Waals surface area contributed by atoms with E-state index in [-0.39, 0.29) is 17.9 Å². The number of ether oxygens (including phenoxy) is 2. The number of hydroxylamine groups is 2. The van der Waals surface area contributed by atoms with E-state index in [9.17, 15) is 4.79 Å². The highest BCUT2D eigenvalue weighted by Crippen LogP contribution is 2.41. The molecule has 3 aromatic carbocycles. The Balaban J connectivity index is 1.41. The van der Waals surface area contributed by atoms with Gasteiger partial charge in [0.15, 0.2) is 0 Å². The SMILES string of the molecule is COc1ccc(C2CC(=O)CC(c3ccc(OC)cc3)N2OCCc2nc3ccccc3[nH]2)cc1. The maximum Gasteiger partial charge on any atom is 0.136 e. The quantitative estimate of drug-likeness (QED) is 0.381. The van der Waals surface area contributed by atoms with E-state index in [0.717, 1.165) is 39.5 Å². The van der Waals surface area contributed by atoms with Gasteiger partial charge in [-0.1, -0.05) is 36.4 Å². The number of benzene rings is 3. The van der Waals surface area contributed by atoms with Gasteiger partial charge in [0.1, 0.15) is 23.1 Å². The van der Waals surface area contributed by atoms with Crippen LogP contribution in [0.3, 0.4) is 0 Å². The van der Waals surface area contributed by atoms with E-state index in [0.29, 0.717) is 25.9 Å². The van der Waals surface area contributed by atoms with E-state index in [2.05, 4.69) is 9.97 Å². The van der Waals surface area contributed by atoms with E-state index >= 15 is 0 Å². The molecule has 0 spiro atoms. The Morgan fingerprint density at radius 2 is 1.43 bits per heavy atom. The topological polar surface area (TPSA) is 76.7 Å². The number of imidazole rings is 1. The summed E-state index contributed by atoms with van der Waals surface area (Å²) in [5, 5.41) is 1.99. The molecule has 0 saturated carbocycles. The molecule has 2 unspecified atom stereocenters. The van der Waals surface area contributed by atoms with Gasteiger partial charge in [-0.25, -0.2) is 4.98 Å². The van der Waals surface area contributed by atoms with Gasteiger partial charge in [-0.05, 0) is 47.5 Å². The summed E-state index contributed by atoms with van der Waals surface area (Å²) < 4.78 is 10.6. The zero-order valence-electron chi connectivity index (χ0n) is 19.9. The van der Waals surface area contributed by atoms with Crippen LogP contribution in [0.4, 0.5) is 0 Å². The van der Waals surface area contributed by atoms with Crippen LogP contribution in [0.25, 0.3) is 11.0 Å². The minimum absolute atomic E-state index is 0.204. The smallest absolute Gasteiger partial charge is 0.136 e. The molecule has 2 atom stereocenters. The second-order valence-corrected chi connectivity index (χ2v) is 8.67. The van der Waals surface area contributed by atoms with Crippen molar-refractivity contribution in [1.82, 2.24) is 15.0 Å². The molecule has 1 aliphatic rings. The third-order valence-corrected chi connectivity index (χ3v) is 6.48. The van der Waals surface area contributed by atoms with Crippen LogP contribution in [0.1, 0.15) is 41.9 Å². The summed E-state index contributed by atoms with van der Waals surface area (Å²) in [4.78, 5) is 27.3. The fraction of sp³-hybridized carbons (Fsp3) is 0.286. The molecule has 180 valence electrons. The number of para-hydroxylation sites is 2. The Hall–Kier alpha value is -3.68. The maximum atomic E-state index is 12.9. The number of Topliss-reactive ketones (excluding diaryl/α,β-unsaturated/α-hetero) is 1. The summed E-state index contributed by atoms with van der Waals surface area (Å²) in [6.45, 7) is 0.438. The van der Waals surface area contributed by atoms with Crippen molar-refractivity contribution in [3.63, 3.8) is 0 Å². The number of nitrogens with one attached hydrogen (secondary N) is 1. The van der Waals surface area contributed by atoms with Crippen molar-refractivity contribution in [2.45, 2.75) is 31.3 Å². The molecule has 1 aliphatic heterocycles. The molecule has 5 rings (SSSR count). The largest absolute Gasteiger partial charge is 0.497 e. The summed E-state index contributed by atoms with van der Waals surface area (Å²) in [6.07, 6.45) is 1.41. The Morgan fingerprint density at radius 3 is 1.97 bits per heavy atom. The molecular formula is C28H29N3O4. The highest BCUT2D eigenvalue weighted by molar-refractivity contribution is 5.81. The van der Waals surface area contributed by atoms with Gasteiger partial charge < -0.3 is 14.5 Å². The molecule has 35 heavy (non-hydrogen) atoms. The Labute approximate surface area is 204 Å². The lowest BCUT2D eigenvalue weighted by Crippen LogP contribution is -2.40. The molecule has 0 bridgehead atoms. The summed E-state index contributed by atoms with van der Waals surface area (Å²) in [5.74, 6) is 2.64. The standard InChI is InChI=1S/C28H29N3O4/c1-33-22-11-7-19(8-12-22)26-17-21(32)18-27(20-9-13-23(34-2)14-10-20)31(26)35-16-15-28-29-24-5-3-4-6-25(24)30-28/h3-14,26-27H,15-18H2,1-2H3,(H,29,30). The van der Waals surface area contributed by atoms with E-state index in [4.69, 9.17) is 14.3 Å². The summed E-state index contributed by atoms with van der Waals surface area (Å²) in [5.41, 5.74) is 3.98. The zero-order valence-corrected chi connectivity index (χ0v) is 19.9. The minimum Gasteiger partial charge on any atom is -0.497 e. The summed E-state index contributed by atoms with van der Waals surface area (Å²) >= 11 is 0. The predicted molar refractivity (Wildman–Crippen MR) is 133 cm³/mol. The lowest BCUT2D eigenvalue weighted by atomic mass is 9.88. The number of aromatic nitrogens is 2. The van der Waals surface area contributed by atoms with Crippen molar-refractivity contribution in [2.24, 2.45) is 0 Å². The molecular weight excluding hydrogens is 442 g/mol. The number of methoxy groups -OCH3 is 2. The molecule has 7 nitrogen and oxygen atoms in total. The van der Waals surface area contributed by atoms with Crippen LogP contribution in [0.2, 0.25) is 0 Å². The average molecular weight is 472 g/mol. The molecule has 1 fully saturated rings. The second kappa shape index (κ2) is 10.3. The monoisotopic (exact) mass is 471 g/mol. The number of hydrogen-bond donors (Lipinski definition) is 1. The van der Waals surface area contributed by atoms with Gasteiger partial charge in [0.25, 0.3) is 0 Å². The van der Waals surface area contributed by atoms with E-state index in [1.165, 1.54) is 0 Å². The first-order valence-corrected chi connectivity index (χ1v) is 11.8. The molecule has 1 aromatic heterocycles. The van der Waals surface area contributed by atoms with Gasteiger partial charge in [-0.15, -0.1) is 0 Å². The number of aromatic amines is 1. The number of nitrogens with zero attached hydrogens (tertiary/aromatic N) is 2. The average Bonchev–Trinajstić information content (AvgIpc) is 3.32. The highest BCUT2D eigenvalue weighted by Gasteiger charge is 2.37. The first-order chi connectivity index (χ1) is 17.1. The normalized spacial score (nSPS) is 18.6. The van der Waals surface area contributed by atoms with Crippen molar-refractivity contribution in [2.75, 3.05) is 20.8 Å². The Bertz CT molecular complexity index is 1190. The van der Waals surface area contributed by atoms with E-state index in [1.54, 1.807) is 14.2 Å². The molecule has 7 heteroatoms. The van der Waals surface area contributed by atoms with Crippen LogP contribution < -0.4 is 9.47 Å². The lowest BCUT2D eigenvalue weighted by Gasteiger charge is -2.40. The first kappa shape index (κ1) is 23.1. The van der Waals surface area contributed by atoms with Crippen LogP contribution in [0.5, 0.6) is 11.5 Å². The van der Waals surface area contributed by atoms with Crippen molar-refractivity contribution in [3.05, 3.63) is 89.7 Å². The maximum absolute atomic E-state index is 12.9. The highest BCUT2D eigenvalue weighted by atomic mass is 16.7. The number of rotatable bonds is 8. The summed E-state index contributed by atoms with van der Waals surface area (Å²) in [6, 6.07) is 23.3.